The molecule has 0 spiro atoms. The molecule has 1 amide bonds. The van der Waals surface area contributed by atoms with Gasteiger partial charge in [-0.1, -0.05) is 15.9 Å². The van der Waals surface area contributed by atoms with Crippen molar-refractivity contribution in [2.45, 2.75) is 17.4 Å². The van der Waals surface area contributed by atoms with E-state index in [2.05, 4.69) is 15.9 Å². The molecule has 0 aliphatic carbocycles. The van der Waals surface area contributed by atoms with Gasteiger partial charge < -0.3 is 10.8 Å². The van der Waals surface area contributed by atoms with E-state index in [1.165, 1.54) is 24.3 Å². The number of hydrogen-bond acceptors (Lipinski definition) is 4. The molecule has 0 radical (unpaired) electrons. The molecule has 0 heterocycles. The molecular weight excluding hydrogens is 340 g/mol. The predicted molar refractivity (Wildman–Crippen MR) is 69.7 cm³/mol. The van der Waals surface area contributed by atoms with Crippen LogP contribution in [0.4, 0.5) is 0 Å². The van der Waals surface area contributed by atoms with E-state index in [1.807, 2.05) is 4.72 Å². The fourth-order valence-electron chi connectivity index (χ4n) is 1.25. The highest BCUT2D eigenvalue weighted by Gasteiger charge is 2.26. The molecule has 4 N–H and O–H groups in total. The molecule has 104 valence electrons. The minimum atomic E-state index is -4.03. The maximum absolute atomic E-state index is 11.9. The lowest BCUT2D eigenvalue weighted by atomic mass is 10.2. The van der Waals surface area contributed by atoms with Gasteiger partial charge in [-0.2, -0.15) is 4.72 Å². The number of carboxylic acid groups (broad SMARTS) is 1. The van der Waals surface area contributed by atoms with Gasteiger partial charge in [0.1, 0.15) is 6.04 Å². The molecule has 0 aliphatic heterocycles. The van der Waals surface area contributed by atoms with Gasteiger partial charge in [-0.25, -0.2) is 8.42 Å². The third kappa shape index (κ3) is 4.62. The monoisotopic (exact) mass is 350 g/mol. The number of rotatable bonds is 6. The summed E-state index contributed by atoms with van der Waals surface area (Å²) in [5.41, 5.74) is 4.87. The average Bonchev–Trinajstić information content (AvgIpc) is 2.27. The summed E-state index contributed by atoms with van der Waals surface area (Å²) in [6, 6.07) is 4.01. The summed E-state index contributed by atoms with van der Waals surface area (Å²) in [6.45, 7) is 0. The molecule has 0 unspecified atom stereocenters. The zero-order chi connectivity index (χ0) is 14.6. The number of benzene rings is 1. The summed E-state index contributed by atoms with van der Waals surface area (Å²) in [4.78, 5) is 21.4. The lowest BCUT2D eigenvalue weighted by Crippen LogP contribution is -2.43. The molecule has 0 saturated carbocycles. The molecule has 0 aliphatic rings. The summed E-state index contributed by atoms with van der Waals surface area (Å²) in [5.74, 6) is -2.38. The minimum Gasteiger partial charge on any atom is -0.480 e. The van der Waals surface area contributed by atoms with Crippen LogP contribution in [0.3, 0.4) is 0 Å². The number of carbonyl (C=O) groups excluding carboxylic acids is 1. The van der Waals surface area contributed by atoms with Gasteiger partial charge in [0.25, 0.3) is 0 Å². The first-order chi connectivity index (χ1) is 8.72. The zero-order valence-corrected chi connectivity index (χ0v) is 11.9. The molecule has 0 fully saturated rings. The van der Waals surface area contributed by atoms with E-state index in [-0.39, 0.29) is 4.90 Å². The van der Waals surface area contributed by atoms with Crippen LogP contribution in [0.15, 0.2) is 33.6 Å². The van der Waals surface area contributed by atoms with Crippen molar-refractivity contribution in [1.82, 2.24) is 4.72 Å². The first kappa shape index (κ1) is 15.6. The van der Waals surface area contributed by atoms with E-state index in [1.54, 1.807) is 0 Å². The van der Waals surface area contributed by atoms with Crippen LogP contribution in [0.1, 0.15) is 6.42 Å². The largest absolute Gasteiger partial charge is 0.480 e. The number of amides is 1. The Labute approximate surface area is 118 Å². The minimum absolute atomic E-state index is 0.105. The number of halogens is 1. The second kappa shape index (κ2) is 6.13. The number of carbonyl (C=O) groups is 2. The Morgan fingerprint density at radius 1 is 1.32 bits per heavy atom. The number of nitrogens with one attached hydrogen (secondary N) is 1. The molecule has 9 heteroatoms. The third-order valence-corrected chi connectivity index (χ3v) is 4.14. The van der Waals surface area contributed by atoms with Crippen molar-refractivity contribution < 1.29 is 23.1 Å². The maximum atomic E-state index is 11.9. The first-order valence-corrected chi connectivity index (χ1v) is 7.29. The van der Waals surface area contributed by atoms with Crippen LogP contribution in [0.25, 0.3) is 0 Å². The molecule has 1 aromatic carbocycles. The fraction of sp³-hybridized carbons (Fsp3) is 0.200. The summed E-state index contributed by atoms with van der Waals surface area (Å²) in [5, 5.41) is 8.83. The Morgan fingerprint density at radius 2 is 1.84 bits per heavy atom. The third-order valence-electron chi connectivity index (χ3n) is 2.12. The van der Waals surface area contributed by atoms with Crippen LogP contribution in [0, 0.1) is 0 Å². The summed E-state index contributed by atoms with van der Waals surface area (Å²) in [7, 11) is -4.03. The Bertz CT molecular complexity index is 584. The average molecular weight is 351 g/mol. The van der Waals surface area contributed by atoms with E-state index in [0.717, 1.165) is 0 Å². The van der Waals surface area contributed by atoms with Crippen molar-refractivity contribution in [3.8, 4) is 0 Å². The van der Waals surface area contributed by atoms with Crippen molar-refractivity contribution in [3.63, 3.8) is 0 Å². The number of carboxylic acids is 1. The Balaban J connectivity index is 2.97. The van der Waals surface area contributed by atoms with Crippen molar-refractivity contribution in [3.05, 3.63) is 28.7 Å². The van der Waals surface area contributed by atoms with Crippen molar-refractivity contribution in [1.29, 1.82) is 0 Å². The number of sulfonamides is 1. The van der Waals surface area contributed by atoms with E-state index >= 15 is 0 Å². The van der Waals surface area contributed by atoms with E-state index in [9.17, 15) is 18.0 Å². The number of primary amides is 1. The normalized spacial score (nSPS) is 12.9. The molecule has 19 heavy (non-hydrogen) atoms. The van der Waals surface area contributed by atoms with Crippen LogP contribution in [-0.4, -0.2) is 31.4 Å². The molecule has 0 aromatic heterocycles. The van der Waals surface area contributed by atoms with Crippen LogP contribution in [0.2, 0.25) is 0 Å². The van der Waals surface area contributed by atoms with Gasteiger partial charge in [0.15, 0.2) is 0 Å². The number of nitrogens with two attached hydrogens (primary N) is 1. The summed E-state index contributed by atoms with van der Waals surface area (Å²) >= 11 is 3.15. The Kier molecular flexibility index (Phi) is 5.04. The van der Waals surface area contributed by atoms with Gasteiger partial charge in [0.05, 0.1) is 11.3 Å². The first-order valence-electron chi connectivity index (χ1n) is 5.01. The molecule has 1 rings (SSSR count). The molecule has 7 nitrogen and oxygen atoms in total. The van der Waals surface area contributed by atoms with Gasteiger partial charge >= 0.3 is 5.97 Å². The van der Waals surface area contributed by atoms with E-state index in [0.29, 0.717) is 4.47 Å². The lowest BCUT2D eigenvalue weighted by molar-refractivity contribution is -0.140. The quantitative estimate of drug-likeness (QED) is 0.668. The van der Waals surface area contributed by atoms with E-state index < -0.39 is 34.4 Å². The topological polar surface area (TPSA) is 127 Å². The summed E-state index contributed by atoms with van der Waals surface area (Å²) in [6.07, 6.45) is -0.620. The Hall–Kier alpha value is -1.45. The predicted octanol–water partition coefficient (Wildman–Crippen LogP) is 0.0560. The van der Waals surface area contributed by atoms with Gasteiger partial charge in [-0.3, -0.25) is 9.59 Å². The smallest absolute Gasteiger partial charge is 0.322 e. The van der Waals surface area contributed by atoms with Crippen LogP contribution >= 0.6 is 15.9 Å². The summed E-state index contributed by atoms with van der Waals surface area (Å²) < 4.78 is 26.4. The number of hydrogen-bond donors (Lipinski definition) is 3. The fourth-order valence-corrected chi connectivity index (χ4v) is 2.70. The van der Waals surface area contributed by atoms with E-state index in [4.69, 9.17) is 10.8 Å². The van der Waals surface area contributed by atoms with Crippen LogP contribution in [0.5, 0.6) is 0 Å². The Morgan fingerprint density at radius 3 is 2.26 bits per heavy atom. The lowest BCUT2D eigenvalue weighted by Gasteiger charge is -2.13. The maximum Gasteiger partial charge on any atom is 0.322 e. The van der Waals surface area contributed by atoms with Gasteiger partial charge in [-0.15, -0.1) is 0 Å². The molecule has 1 atom stereocenters. The second-order valence-corrected chi connectivity index (χ2v) is 6.27. The zero-order valence-electron chi connectivity index (χ0n) is 9.54. The molecular formula is C10H11BrN2O5S. The molecule has 1 aromatic rings. The molecule has 0 bridgehead atoms. The molecule has 0 saturated heterocycles. The highest BCUT2D eigenvalue weighted by atomic mass is 79.9. The van der Waals surface area contributed by atoms with Gasteiger partial charge in [0, 0.05) is 4.47 Å². The van der Waals surface area contributed by atoms with Gasteiger partial charge in [0.2, 0.25) is 15.9 Å². The van der Waals surface area contributed by atoms with Crippen molar-refractivity contribution in [2.75, 3.05) is 0 Å². The SMILES string of the molecule is NC(=O)C[C@@H](NS(=O)(=O)c1ccc(Br)cc1)C(=O)O. The van der Waals surface area contributed by atoms with Crippen LogP contribution < -0.4 is 10.5 Å². The van der Waals surface area contributed by atoms with Crippen molar-refractivity contribution >= 4 is 37.8 Å². The highest BCUT2D eigenvalue weighted by Crippen LogP contribution is 2.15. The standard InChI is InChI=1S/C10H11BrN2O5S/c11-6-1-3-7(4-2-6)19(17,18)13-8(10(15)16)5-9(12)14/h1-4,8,13H,5H2,(H2,12,14)(H,15,16)/t8-/m1/s1. The number of aliphatic carboxylic acids is 1. The second-order valence-electron chi connectivity index (χ2n) is 3.64. The van der Waals surface area contributed by atoms with Gasteiger partial charge in [-0.05, 0) is 24.3 Å². The van der Waals surface area contributed by atoms with Crippen LogP contribution in [-0.2, 0) is 19.6 Å². The highest BCUT2D eigenvalue weighted by molar-refractivity contribution is 9.10. The van der Waals surface area contributed by atoms with Crippen molar-refractivity contribution in [2.24, 2.45) is 5.73 Å².